The average molecular weight is 253 g/mol. The number of hydrogen-bond acceptors (Lipinski definition) is 3. The van der Waals surface area contributed by atoms with Gasteiger partial charge in [0.25, 0.3) is 0 Å². The molecule has 0 aliphatic rings. The van der Waals surface area contributed by atoms with Crippen molar-refractivity contribution in [3.63, 3.8) is 0 Å². The molecule has 0 heterocycles. The number of benzene rings is 1. The van der Waals surface area contributed by atoms with Crippen LogP contribution in [-0.2, 0) is 4.74 Å². The summed E-state index contributed by atoms with van der Waals surface area (Å²) in [5, 5.41) is 3.56. The highest BCUT2D eigenvalue weighted by Gasteiger charge is 2.13. The van der Waals surface area contributed by atoms with Gasteiger partial charge in [0.2, 0.25) is 0 Å². The lowest BCUT2D eigenvalue weighted by Crippen LogP contribution is -2.26. The average Bonchev–Trinajstić information content (AvgIpc) is 2.39. The molecule has 3 heteroatoms. The van der Waals surface area contributed by atoms with Gasteiger partial charge in [-0.3, -0.25) is 0 Å². The second-order valence-electron chi connectivity index (χ2n) is 3.91. The molecule has 1 atom stereocenters. The van der Waals surface area contributed by atoms with Crippen molar-refractivity contribution in [2.45, 2.75) is 31.2 Å². The van der Waals surface area contributed by atoms with Crippen LogP contribution < -0.4 is 5.32 Å². The first-order chi connectivity index (χ1) is 8.33. The summed E-state index contributed by atoms with van der Waals surface area (Å²) in [5.41, 5.74) is 1.35. The van der Waals surface area contributed by atoms with Crippen LogP contribution >= 0.6 is 11.8 Å². The van der Waals surface area contributed by atoms with E-state index in [1.165, 1.54) is 10.5 Å². The van der Waals surface area contributed by atoms with Crippen LogP contribution in [-0.4, -0.2) is 26.0 Å². The second kappa shape index (κ2) is 8.56. The zero-order valence-corrected chi connectivity index (χ0v) is 11.8. The number of rotatable bonds is 8. The highest BCUT2D eigenvalue weighted by atomic mass is 32.2. The van der Waals surface area contributed by atoms with Crippen LogP contribution in [0.3, 0.4) is 0 Å². The van der Waals surface area contributed by atoms with E-state index < -0.39 is 0 Å². The molecule has 96 valence electrons. The molecule has 0 saturated carbocycles. The molecule has 0 radical (unpaired) electrons. The van der Waals surface area contributed by atoms with Gasteiger partial charge in [0.15, 0.2) is 0 Å². The van der Waals surface area contributed by atoms with Crippen molar-refractivity contribution in [1.82, 2.24) is 5.32 Å². The van der Waals surface area contributed by atoms with Crippen LogP contribution in [0.25, 0.3) is 0 Å². The second-order valence-corrected chi connectivity index (χ2v) is 4.76. The number of hydrogen-bond donors (Lipinski definition) is 1. The van der Waals surface area contributed by atoms with E-state index in [9.17, 15) is 0 Å². The van der Waals surface area contributed by atoms with Crippen molar-refractivity contribution in [3.05, 3.63) is 29.8 Å². The Hall–Kier alpha value is -0.510. The van der Waals surface area contributed by atoms with Gasteiger partial charge in [-0.15, -0.1) is 11.8 Å². The van der Waals surface area contributed by atoms with Crippen molar-refractivity contribution in [2.75, 3.05) is 26.0 Å². The van der Waals surface area contributed by atoms with E-state index in [-0.39, 0.29) is 0 Å². The predicted molar refractivity (Wildman–Crippen MR) is 75.8 cm³/mol. The van der Waals surface area contributed by atoms with Crippen molar-refractivity contribution in [1.29, 1.82) is 0 Å². The summed E-state index contributed by atoms with van der Waals surface area (Å²) in [5.74, 6) is 0. The maximum atomic E-state index is 5.57. The Labute approximate surface area is 109 Å². The molecule has 1 aromatic carbocycles. The van der Waals surface area contributed by atoms with Crippen molar-refractivity contribution in [3.8, 4) is 0 Å². The maximum absolute atomic E-state index is 5.57. The first-order valence-electron chi connectivity index (χ1n) is 6.27. The third-order valence-electron chi connectivity index (χ3n) is 2.64. The van der Waals surface area contributed by atoms with Gasteiger partial charge in [-0.1, -0.05) is 25.1 Å². The lowest BCUT2D eigenvalue weighted by Gasteiger charge is -2.21. The molecular formula is C14H23NOS. The van der Waals surface area contributed by atoms with Crippen molar-refractivity contribution < 1.29 is 4.74 Å². The van der Waals surface area contributed by atoms with Gasteiger partial charge in [0, 0.05) is 11.5 Å². The molecule has 0 aromatic heterocycles. The van der Waals surface area contributed by atoms with Crippen LogP contribution in [0.1, 0.15) is 31.9 Å². The maximum Gasteiger partial charge on any atom is 0.0661 e. The Bertz CT molecular complexity index is 309. The molecule has 0 aliphatic heterocycles. The third kappa shape index (κ3) is 4.70. The van der Waals surface area contributed by atoms with Gasteiger partial charge in [-0.25, -0.2) is 0 Å². The fraction of sp³-hybridized carbons (Fsp3) is 0.571. The summed E-state index contributed by atoms with van der Waals surface area (Å²) < 4.78 is 5.57. The topological polar surface area (TPSA) is 21.3 Å². The van der Waals surface area contributed by atoms with Crippen LogP contribution in [0.4, 0.5) is 0 Å². The molecule has 0 saturated heterocycles. The molecule has 0 fully saturated rings. The van der Waals surface area contributed by atoms with Crippen LogP contribution in [0.2, 0.25) is 0 Å². The van der Waals surface area contributed by atoms with E-state index in [0.29, 0.717) is 6.04 Å². The SMILES string of the molecule is CCCNC(COCC)c1ccccc1SC. The quantitative estimate of drug-likeness (QED) is 0.717. The molecule has 2 nitrogen and oxygen atoms in total. The van der Waals surface area contributed by atoms with E-state index in [1.54, 1.807) is 11.8 Å². The summed E-state index contributed by atoms with van der Waals surface area (Å²) in [6, 6.07) is 8.86. The molecule has 1 rings (SSSR count). The van der Waals surface area contributed by atoms with Crippen LogP contribution in [0.5, 0.6) is 0 Å². The van der Waals surface area contributed by atoms with Gasteiger partial charge in [0.1, 0.15) is 0 Å². The van der Waals surface area contributed by atoms with E-state index in [4.69, 9.17) is 4.74 Å². The predicted octanol–water partition coefficient (Wildman–Crippen LogP) is 3.49. The smallest absolute Gasteiger partial charge is 0.0661 e. The Morgan fingerprint density at radius 2 is 2.06 bits per heavy atom. The molecule has 0 amide bonds. The summed E-state index contributed by atoms with van der Waals surface area (Å²) in [7, 11) is 0. The van der Waals surface area contributed by atoms with E-state index in [2.05, 4.69) is 42.8 Å². The first kappa shape index (κ1) is 14.6. The minimum Gasteiger partial charge on any atom is -0.380 e. The van der Waals surface area contributed by atoms with Gasteiger partial charge in [-0.2, -0.15) is 0 Å². The molecule has 1 aromatic rings. The van der Waals surface area contributed by atoms with E-state index in [0.717, 1.165) is 26.2 Å². The number of nitrogens with one attached hydrogen (secondary N) is 1. The molecule has 1 unspecified atom stereocenters. The molecule has 0 spiro atoms. The summed E-state index contributed by atoms with van der Waals surface area (Å²) in [4.78, 5) is 1.33. The summed E-state index contributed by atoms with van der Waals surface area (Å²) in [6.45, 7) is 6.77. The zero-order chi connectivity index (χ0) is 12.5. The van der Waals surface area contributed by atoms with Crippen LogP contribution in [0.15, 0.2) is 29.2 Å². The largest absolute Gasteiger partial charge is 0.380 e. The summed E-state index contributed by atoms with van der Waals surface area (Å²) in [6.07, 6.45) is 3.26. The van der Waals surface area contributed by atoms with Crippen molar-refractivity contribution >= 4 is 11.8 Å². The van der Waals surface area contributed by atoms with Gasteiger partial charge >= 0.3 is 0 Å². The highest BCUT2D eigenvalue weighted by Crippen LogP contribution is 2.26. The first-order valence-corrected chi connectivity index (χ1v) is 7.50. The minimum atomic E-state index is 0.304. The third-order valence-corrected chi connectivity index (χ3v) is 3.46. The lowest BCUT2D eigenvalue weighted by molar-refractivity contribution is 0.122. The summed E-state index contributed by atoms with van der Waals surface area (Å²) >= 11 is 1.80. The Morgan fingerprint density at radius 1 is 1.29 bits per heavy atom. The van der Waals surface area contributed by atoms with Crippen molar-refractivity contribution in [2.24, 2.45) is 0 Å². The van der Waals surface area contributed by atoms with E-state index >= 15 is 0 Å². The van der Waals surface area contributed by atoms with Gasteiger partial charge in [-0.05, 0) is 37.8 Å². The fourth-order valence-electron chi connectivity index (χ4n) is 1.77. The number of ether oxygens (including phenoxy) is 1. The molecule has 17 heavy (non-hydrogen) atoms. The van der Waals surface area contributed by atoms with Gasteiger partial charge in [0.05, 0.1) is 12.6 Å². The molecular weight excluding hydrogens is 230 g/mol. The zero-order valence-electron chi connectivity index (χ0n) is 11.0. The monoisotopic (exact) mass is 253 g/mol. The Kier molecular flexibility index (Phi) is 7.33. The molecule has 1 N–H and O–H groups in total. The Morgan fingerprint density at radius 3 is 2.71 bits per heavy atom. The van der Waals surface area contributed by atoms with Crippen LogP contribution in [0, 0.1) is 0 Å². The minimum absolute atomic E-state index is 0.304. The lowest BCUT2D eigenvalue weighted by atomic mass is 10.1. The standard InChI is InChI=1S/C14H23NOS/c1-4-10-15-13(11-16-5-2)12-8-6-7-9-14(12)17-3/h6-9,13,15H,4-5,10-11H2,1-3H3. The fourth-order valence-corrected chi connectivity index (χ4v) is 2.43. The number of thioether (sulfide) groups is 1. The van der Waals surface area contributed by atoms with Gasteiger partial charge < -0.3 is 10.1 Å². The molecule has 0 bridgehead atoms. The van der Waals surface area contributed by atoms with E-state index in [1.807, 2.05) is 6.92 Å². The normalized spacial score (nSPS) is 12.6. The highest BCUT2D eigenvalue weighted by molar-refractivity contribution is 7.98. The Balaban J connectivity index is 2.78. The molecule has 0 aliphatic carbocycles.